The molecular formula is C15H21ClN2. The maximum atomic E-state index is 6.27. The number of para-hydroxylation sites is 2. The van der Waals surface area contributed by atoms with Gasteiger partial charge in [-0.15, -0.1) is 11.6 Å². The number of hydrogen-bond acceptors (Lipinski definition) is 1. The van der Waals surface area contributed by atoms with E-state index in [0.29, 0.717) is 0 Å². The molecular weight excluding hydrogens is 244 g/mol. The smallest absolute Gasteiger partial charge is 0.127 e. The molecule has 0 N–H and O–H groups in total. The number of halogens is 1. The molecule has 2 nitrogen and oxygen atoms in total. The second-order valence-corrected chi connectivity index (χ2v) is 6.33. The van der Waals surface area contributed by atoms with E-state index in [9.17, 15) is 0 Å². The van der Waals surface area contributed by atoms with Gasteiger partial charge in [0.1, 0.15) is 5.82 Å². The number of aromatic nitrogens is 2. The molecule has 0 spiro atoms. The van der Waals surface area contributed by atoms with E-state index in [0.717, 1.165) is 24.3 Å². The number of nitrogens with zero attached hydrogens (tertiary/aromatic N) is 2. The molecule has 0 fully saturated rings. The topological polar surface area (TPSA) is 17.8 Å². The number of rotatable bonds is 4. The van der Waals surface area contributed by atoms with E-state index in [1.54, 1.807) is 0 Å². The lowest BCUT2D eigenvalue weighted by Gasteiger charge is -2.25. The second-order valence-electron chi connectivity index (χ2n) is 5.68. The molecule has 1 aromatic carbocycles. The van der Waals surface area contributed by atoms with Gasteiger partial charge in [-0.25, -0.2) is 4.98 Å². The van der Waals surface area contributed by atoms with Crippen LogP contribution in [0, 0.1) is 5.41 Å². The van der Waals surface area contributed by atoms with Gasteiger partial charge in [-0.05, 0) is 30.9 Å². The molecule has 1 unspecified atom stereocenters. The Hall–Kier alpha value is -1.02. The number of benzene rings is 1. The molecule has 2 rings (SSSR count). The molecule has 0 bridgehead atoms. The Balaban J connectivity index is 2.55. The maximum Gasteiger partial charge on any atom is 0.127 e. The van der Waals surface area contributed by atoms with Gasteiger partial charge < -0.3 is 4.57 Å². The van der Waals surface area contributed by atoms with Gasteiger partial charge in [0.05, 0.1) is 16.4 Å². The van der Waals surface area contributed by atoms with E-state index in [1.807, 2.05) is 19.1 Å². The van der Waals surface area contributed by atoms with Gasteiger partial charge in [0.25, 0.3) is 0 Å². The summed E-state index contributed by atoms with van der Waals surface area (Å²) in [5.41, 5.74) is 2.47. The molecule has 0 saturated carbocycles. The van der Waals surface area contributed by atoms with Crippen LogP contribution < -0.4 is 0 Å². The van der Waals surface area contributed by atoms with Crippen LogP contribution in [0.1, 0.15) is 45.3 Å². The summed E-state index contributed by atoms with van der Waals surface area (Å²) >= 11 is 6.27. The van der Waals surface area contributed by atoms with Crippen LogP contribution >= 0.6 is 11.6 Å². The van der Waals surface area contributed by atoms with Crippen LogP contribution in [0.4, 0.5) is 0 Å². The lowest BCUT2D eigenvalue weighted by atomic mass is 9.90. The van der Waals surface area contributed by atoms with Gasteiger partial charge in [-0.2, -0.15) is 0 Å². The van der Waals surface area contributed by atoms with Gasteiger partial charge in [-0.1, -0.05) is 32.9 Å². The van der Waals surface area contributed by atoms with Gasteiger partial charge in [-0.3, -0.25) is 0 Å². The van der Waals surface area contributed by atoms with Crippen LogP contribution in [0.15, 0.2) is 24.3 Å². The first-order valence-corrected chi connectivity index (χ1v) is 6.97. The van der Waals surface area contributed by atoms with Crippen LogP contribution in [0.25, 0.3) is 11.0 Å². The second kappa shape index (κ2) is 4.93. The Morgan fingerprint density at radius 3 is 2.61 bits per heavy atom. The molecule has 0 aliphatic carbocycles. The Bertz CT molecular complexity index is 540. The first kappa shape index (κ1) is 13.4. The summed E-state index contributed by atoms with van der Waals surface area (Å²) in [4.78, 5) is 4.66. The van der Waals surface area contributed by atoms with Crippen molar-refractivity contribution < 1.29 is 0 Å². The molecule has 3 heteroatoms. The largest absolute Gasteiger partial charge is 0.326 e. The Labute approximate surface area is 114 Å². The first-order valence-electron chi connectivity index (χ1n) is 6.54. The van der Waals surface area contributed by atoms with Gasteiger partial charge in [0, 0.05) is 6.54 Å². The van der Waals surface area contributed by atoms with E-state index in [-0.39, 0.29) is 10.8 Å². The summed E-state index contributed by atoms with van der Waals surface area (Å²) in [6.07, 6.45) is 1.13. The molecule has 98 valence electrons. The summed E-state index contributed by atoms with van der Waals surface area (Å²) < 4.78 is 2.27. The molecule has 0 saturated heterocycles. The highest BCUT2D eigenvalue weighted by Gasteiger charge is 2.21. The minimum absolute atomic E-state index is 0.0648. The lowest BCUT2D eigenvalue weighted by molar-refractivity contribution is 0.294. The van der Waals surface area contributed by atoms with Crippen molar-refractivity contribution in [1.29, 1.82) is 0 Å². The van der Waals surface area contributed by atoms with Crippen LogP contribution in [-0.4, -0.2) is 9.55 Å². The monoisotopic (exact) mass is 264 g/mol. The zero-order valence-electron chi connectivity index (χ0n) is 11.6. The van der Waals surface area contributed by atoms with Gasteiger partial charge in [0.2, 0.25) is 0 Å². The Morgan fingerprint density at radius 1 is 1.33 bits per heavy atom. The molecule has 0 amide bonds. The highest BCUT2D eigenvalue weighted by Crippen LogP contribution is 2.30. The van der Waals surface area contributed by atoms with Crippen molar-refractivity contribution in [3.05, 3.63) is 30.1 Å². The summed E-state index contributed by atoms with van der Waals surface area (Å²) in [5, 5.41) is -0.0648. The molecule has 0 radical (unpaired) electrons. The van der Waals surface area contributed by atoms with E-state index < -0.39 is 0 Å². The van der Waals surface area contributed by atoms with E-state index in [4.69, 9.17) is 11.6 Å². The Morgan fingerprint density at radius 2 is 2.00 bits per heavy atom. The van der Waals surface area contributed by atoms with Crippen molar-refractivity contribution in [2.75, 3.05) is 0 Å². The molecule has 0 aliphatic heterocycles. The average molecular weight is 265 g/mol. The van der Waals surface area contributed by atoms with Gasteiger partial charge >= 0.3 is 0 Å². The van der Waals surface area contributed by atoms with Crippen LogP contribution in [-0.2, 0) is 6.54 Å². The molecule has 18 heavy (non-hydrogen) atoms. The maximum absolute atomic E-state index is 6.27. The summed E-state index contributed by atoms with van der Waals surface area (Å²) in [6, 6.07) is 8.25. The minimum Gasteiger partial charge on any atom is -0.326 e. The average Bonchev–Trinajstić information content (AvgIpc) is 2.68. The van der Waals surface area contributed by atoms with Crippen LogP contribution in [0.3, 0.4) is 0 Å². The lowest BCUT2D eigenvalue weighted by Crippen LogP contribution is -2.20. The number of alkyl halides is 1. The fourth-order valence-corrected chi connectivity index (χ4v) is 2.27. The zero-order valence-corrected chi connectivity index (χ0v) is 12.3. The number of hydrogen-bond donors (Lipinski definition) is 0. The van der Waals surface area contributed by atoms with Crippen molar-refractivity contribution in [1.82, 2.24) is 9.55 Å². The quantitative estimate of drug-likeness (QED) is 0.727. The van der Waals surface area contributed by atoms with Crippen LogP contribution in [0.2, 0.25) is 0 Å². The molecule has 0 aliphatic rings. The van der Waals surface area contributed by atoms with E-state index >= 15 is 0 Å². The summed E-state index contributed by atoms with van der Waals surface area (Å²) in [6.45, 7) is 9.73. The van der Waals surface area contributed by atoms with Crippen molar-refractivity contribution in [2.24, 2.45) is 5.41 Å². The van der Waals surface area contributed by atoms with E-state index in [1.165, 1.54) is 5.52 Å². The first-order chi connectivity index (χ1) is 8.44. The van der Waals surface area contributed by atoms with Crippen molar-refractivity contribution >= 4 is 22.6 Å². The third-order valence-corrected chi connectivity index (χ3v) is 3.78. The number of fused-ring (bicyclic) bond motifs is 1. The van der Waals surface area contributed by atoms with Crippen LogP contribution in [0.5, 0.6) is 0 Å². The van der Waals surface area contributed by atoms with Crippen molar-refractivity contribution in [3.63, 3.8) is 0 Å². The Kier molecular flexibility index (Phi) is 3.67. The number of imidazole rings is 1. The van der Waals surface area contributed by atoms with Crippen molar-refractivity contribution in [2.45, 2.75) is 46.0 Å². The predicted octanol–water partition coefficient (Wildman–Crippen LogP) is 4.77. The third kappa shape index (κ3) is 2.54. The normalized spacial score (nSPS) is 14.1. The highest BCUT2D eigenvalue weighted by molar-refractivity contribution is 6.20. The molecule has 1 atom stereocenters. The fraction of sp³-hybridized carbons (Fsp3) is 0.533. The SMILES string of the molecule is CCC(C)(C)Cn1c(C(C)Cl)nc2ccccc21. The standard InChI is InChI=1S/C15H21ClN2/c1-5-15(3,4)10-18-13-9-7-6-8-12(13)17-14(18)11(2)16/h6-9,11H,5,10H2,1-4H3. The third-order valence-electron chi connectivity index (χ3n) is 3.58. The molecule has 1 aromatic heterocycles. The molecule has 2 aromatic rings. The van der Waals surface area contributed by atoms with E-state index in [2.05, 4.69) is 42.5 Å². The minimum atomic E-state index is -0.0648. The fourth-order valence-electron chi connectivity index (χ4n) is 2.10. The molecule has 1 heterocycles. The predicted molar refractivity (Wildman–Crippen MR) is 78.1 cm³/mol. The van der Waals surface area contributed by atoms with Crippen molar-refractivity contribution in [3.8, 4) is 0 Å². The summed E-state index contributed by atoms with van der Waals surface area (Å²) in [5.74, 6) is 0.972. The summed E-state index contributed by atoms with van der Waals surface area (Å²) in [7, 11) is 0. The zero-order chi connectivity index (χ0) is 13.3. The van der Waals surface area contributed by atoms with Gasteiger partial charge in [0.15, 0.2) is 0 Å². The highest BCUT2D eigenvalue weighted by atomic mass is 35.5.